The Morgan fingerprint density at radius 2 is 1.65 bits per heavy atom. The second-order valence-electron chi connectivity index (χ2n) is 7.19. The van der Waals surface area contributed by atoms with Crippen LogP contribution in [-0.2, 0) is 9.53 Å². The Hall–Kier alpha value is -2.02. The van der Waals surface area contributed by atoms with Crippen LogP contribution in [-0.4, -0.2) is 60.0 Å². The van der Waals surface area contributed by atoms with Gasteiger partial charge in [0.2, 0.25) is 5.91 Å². The van der Waals surface area contributed by atoms with Gasteiger partial charge in [-0.15, -0.1) is 0 Å². The lowest BCUT2D eigenvalue weighted by atomic mass is 9.94. The molecule has 0 N–H and O–H groups in total. The average molecular weight is 366 g/mol. The van der Waals surface area contributed by atoms with E-state index in [0.29, 0.717) is 45.1 Å². The van der Waals surface area contributed by atoms with Crippen LogP contribution in [0.4, 0.5) is 8.78 Å². The number of hydrogen-bond donors (Lipinski definition) is 0. The zero-order chi connectivity index (χ0) is 18.8. The summed E-state index contributed by atoms with van der Waals surface area (Å²) in [5, 5.41) is 0. The lowest BCUT2D eigenvalue weighted by Crippen LogP contribution is -2.51. The van der Waals surface area contributed by atoms with E-state index in [1.165, 1.54) is 11.0 Å². The van der Waals surface area contributed by atoms with E-state index in [1.807, 2.05) is 18.7 Å². The highest BCUT2D eigenvalue weighted by molar-refractivity contribution is 5.94. The highest BCUT2D eigenvalue weighted by atomic mass is 19.1. The number of benzene rings is 1. The van der Waals surface area contributed by atoms with E-state index in [4.69, 9.17) is 4.74 Å². The largest absolute Gasteiger partial charge is 0.372 e. The van der Waals surface area contributed by atoms with Gasteiger partial charge in [0, 0.05) is 38.2 Å². The van der Waals surface area contributed by atoms with Gasteiger partial charge in [0.1, 0.15) is 11.6 Å². The first-order valence-corrected chi connectivity index (χ1v) is 9.03. The zero-order valence-corrected chi connectivity index (χ0v) is 15.1. The van der Waals surface area contributed by atoms with Crippen LogP contribution in [0, 0.1) is 17.6 Å². The van der Waals surface area contributed by atoms with Gasteiger partial charge in [0.25, 0.3) is 5.91 Å². The number of likely N-dealkylation sites (tertiary alicyclic amines) is 1. The minimum atomic E-state index is -0.857. The molecule has 2 amide bonds. The van der Waals surface area contributed by atoms with Crippen molar-refractivity contribution in [2.24, 2.45) is 5.92 Å². The van der Waals surface area contributed by atoms with Gasteiger partial charge in [-0.25, -0.2) is 8.78 Å². The van der Waals surface area contributed by atoms with E-state index in [-0.39, 0.29) is 29.6 Å². The number of carbonyl (C=O) groups is 2. The van der Waals surface area contributed by atoms with Crippen LogP contribution >= 0.6 is 0 Å². The maximum Gasteiger partial charge on any atom is 0.256 e. The molecule has 0 bridgehead atoms. The van der Waals surface area contributed by atoms with Crippen LogP contribution in [0.15, 0.2) is 18.2 Å². The highest BCUT2D eigenvalue weighted by Gasteiger charge is 2.34. The molecule has 0 saturated carbocycles. The van der Waals surface area contributed by atoms with Gasteiger partial charge in [-0.05, 0) is 38.8 Å². The van der Waals surface area contributed by atoms with Crippen LogP contribution in [0.25, 0.3) is 0 Å². The van der Waals surface area contributed by atoms with E-state index < -0.39 is 17.5 Å². The molecule has 26 heavy (non-hydrogen) atoms. The molecule has 2 unspecified atom stereocenters. The third kappa shape index (κ3) is 4.03. The number of morpholine rings is 1. The van der Waals surface area contributed by atoms with E-state index in [9.17, 15) is 18.4 Å². The van der Waals surface area contributed by atoms with E-state index in [1.54, 1.807) is 0 Å². The standard InChI is InChI=1S/C19H24F2N2O3/c1-12-10-23(11-13(2)26-12)18(24)14-5-7-22(8-6-14)19(25)16-4-3-15(20)9-17(16)21/h3-4,9,12-14H,5-8,10-11H2,1-2H3. The molecule has 2 saturated heterocycles. The van der Waals surface area contributed by atoms with Gasteiger partial charge < -0.3 is 14.5 Å². The summed E-state index contributed by atoms with van der Waals surface area (Å²) in [6.45, 7) is 5.86. The number of halogens is 2. The molecule has 5 nitrogen and oxygen atoms in total. The first-order chi connectivity index (χ1) is 12.3. The number of nitrogens with zero attached hydrogens (tertiary/aromatic N) is 2. The second kappa shape index (κ2) is 7.70. The van der Waals surface area contributed by atoms with Crippen LogP contribution in [0.2, 0.25) is 0 Å². The number of piperidine rings is 1. The maximum atomic E-state index is 13.8. The summed E-state index contributed by atoms with van der Waals surface area (Å²) in [5.41, 5.74) is -0.132. The smallest absolute Gasteiger partial charge is 0.256 e. The molecular formula is C19H24F2N2O3. The van der Waals surface area contributed by atoms with Crippen LogP contribution in [0.3, 0.4) is 0 Å². The van der Waals surface area contributed by atoms with Gasteiger partial charge in [0.05, 0.1) is 17.8 Å². The molecule has 0 aliphatic carbocycles. The van der Waals surface area contributed by atoms with Crippen molar-refractivity contribution in [3.63, 3.8) is 0 Å². The SMILES string of the molecule is CC1CN(C(=O)C2CCN(C(=O)c3ccc(F)cc3F)CC2)CC(C)O1. The van der Waals surface area contributed by atoms with Crippen molar-refractivity contribution in [3.8, 4) is 0 Å². The number of carbonyl (C=O) groups excluding carboxylic acids is 2. The van der Waals surface area contributed by atoms with Gasteiger partial charge in [0.15, 0.2) is 0 Å². The summed E-state index contributed by atoms with van der Waals surface area (Å²) in [6, 6.07) is 2.96. The van der Waals surface area contributed by atoms with E-state index in [0.717, 1.165) is 6.07 Å². The molecule has 0 aromatic heterocycles. The predicted octanol–water partition coefficient (Wildman–Crippen LogP) is 2.45. The molecule has 1 aromatic carbocycles. The summed E-state index contributed by atoms with van der Waals surface area (Å²) in [6.07, 6.45) is 1.14. The summed E-state index contributed by atoms with van der Waals surface area (Å²) >= 11 is 0. The predicted molar refractivity (Wildman–Crippen MR) is 91.6 cm³/mol. The molecule has 0 radical (unpaired) electrons. The molecule has 0 spiro atoms. The Labute approximate surface area is 151 Å². The van der Waals surface area contributed by atoms with Crippen molar-refractivity contribution < 1.29 is 23.1 Å². The summed E-state index contributed by atoms with van der Waals surface area (Å²) in [4.78, 5) is 28.6. The molecule has 1 aromatic rings. The second-order valence-corrected chi connectivity index (χ2v) is 7.19. The number of rotatable bonds is 2. The molecular weight excluding hydrogens is 342 g/mol. The zero-order valence-electron chi connectivity index (χ0n) is 15.1. The maximum absolute atomic E-state index is 13.8. The number of amides is 2. The monoisotopic (exact) mass is 366 g/mol. The highest BCUT2D eigenvalue weighted by Crippen LogP contribution is 2.24. The molecule has 142 valence electrons. The molecule has 7 heteroatoms. The third-order valence-corrected chi connectivity index (χ3v) is 5.02. The molecule has 2 fully saturated rings. The van der Waals surface area contributed by atoms with Crippen molar-refractivity contribution in [3.05, 3.63) is 35.4 Å². The topological polar surface area (TPSA) is 49.9 Å². The van der Waals surface area contributed by atoms with Crippen molar-refractivity contribution in [1.82, 2.24) is 9.80 Å². The molecule has 3 rings (SSSR count). The normalized spacial score (nSPS) is 24.6. The van der Waals surface area contributed by atoms with E-state index >= 15 is 0 Å². The fourth-order valence-corrected chi connectivity index (χ4v) is 3.78. The molecule has 2 heterocycles. The van der Waals surface area contributed by atoms with Gasteiger partial charge in [-0.3, -0.25) is 9.59 Å². The van der Waals surface area contributed by atoms with Gasteiger partial charge >= 0.3 is 0 Å². The summed E-state index contributed by atoms with van der Waals surface area (Å²) in [7, 11) is 0. The first-order valence-electron chi connectivity index (χ1n) is 9.03. The quantitative estimate of drug-likeness (QED) is 0.808. The van der Waals surface area contributed by atoms with Crippen molar-refractivity contribution in [1.29, 1.82) is 0 Å². The third-order valence-electron chi connectivity index (χ3n) is 5.02. The summed E-state index contributed by atoms with van der Waals surface area (Å²) in [5.74, 6) is -2.05. The Morgan fingerprint density at radius 3 is 2.23 bits per heavy atom. The van der Waals surface area contributed by atoms with E-state index in [2.05, 4.69) is 0 Å². The average Bonchev–Trinajstić information content (AvgIpc) is 2.60. The minimum Gasteiger partial charge on any atom is -0.372 e. The van der Waals surface area contributed by atoms with Crippen LogP contribution < -0.4 is 0 Å². The lowest BCUT2D eigenvalue weighted by molar-refractivity contribution is -0.148. The van der Waals surface area contributed by atoms with Crippen LogP contribution in [0.1, 0.15) is 37.0 Å². The molecule has 2 aliphatic rings. The minimum absolute atomic E-state index is 0.0193. The molecule has 2 atom stereocenters. The fraction of sp³-hybridized carbons (Fsp3) is 0.579. The first kappa shape index (κ1) is 18.8. The Bertz CT molecular complexity index is 679. The summed E-state index contributed by atoms with van der Waals surface area (Å²) < 4.78 is 32.5. The van der Waals surface area contributed by atoms with Crippen LogP contribution in [0.5, 0.6) is 0 Å². The fourth-order valence-electron chi connectivity index (χ4n) is 3.78. The number of hydrogen-bond acceptors (Lipinski definition) is 3. The van der Waals surface area contributed by atoms with Crippen molar-refractivity contribution >= 4 is 11.8 Å². The Kier molecular flexibility index (Phi) is 5.55. The Balaban J connectivity index is 1.58. The van der Waals surface area contributed by atoms with Crippen molar-refractivity contribution in [2.45, 2.75) is 38.9 Å². The molecule has 2 aliphatic heterocycles. The van der Waals surface area contributed by atoms with Gasteiger partial charge in [-0.2, -0.15) is 0 Å². The number of ether oxygens (including phenoxy) is 1. The lowest BCUT2D eigenvalue weighted by Gasteiger charge is -2.39. The van der Waals surface area contributed by atoms with Gasteiger partial charge in [-0.1, -0.05) is 0 Å². The Morgan fingerprint density at radius 1 is 1.04 bits per heavy atom. The van der Waals surface area contributed by atoms with Crippen molar-refractivity contribution in [2.75, 3.05) is 26.2 Å².